The van der Waals surface area contributed by atoms with Gasteiger partial charge in [-0.3, -0.25) is 4.48 Å². The summed E-state index contributed by atoms with van der Waals surface area (Å²) in [5.74, 6) is 0.289. The number of nitrogens with zero attached hydrogens (tertiary/aromatic N) is 1. The molecule has 0 unspecified atom stereocenters. The normalized spacial score (nSPS) is 13.3. The fourth-order valence-corrected chi connectivity index (χ4v) is 0.691. The van der Waals surface area contributed by atoms with Gasteiger partial charge < -0.3 is 0 Å². The van der Waals surface area contributed by atoms with Gasteiger partial charge in [0.1, 0.15) is 0 Å². The zero-order valence-electron chi connectivity index (χ0n) is 8.56. The molecule has 0 aromatic rings. The van der Waals surface area contributed by atoms with E-state index < -0.39 is 0 Å². The van der Waals surface area contributed by atoms with Crippen LogP contribution in [0.2, 0.25) is 0 Å². The van der Waals surface area contributed by atoms with Gasteiger partial charge in [-0.05, 0) is 5.41 Å². The lowest BCUT2D eigenvalue weighted by atomic mass is 9.91. The number of rotatable bonds is 1. The number of carbonyl (C=O) groups is 1. The number of amides is 1. The molecule has 0 N–H and O–H groups in total. The summed E-state index contributed by atoms with van der Waals surface area (Å²) in [6.07, 6.45) is 0.649. The van der Waals surface area contributed by atoms with E-state index in [1.165, 1.54) is 0 Å². The van der Waals surface area contributed by atoms with Crippen molar-refractivity contribution < 1.29 is 9.28 Å². The van der Waals surface area contributed by atoms with E-state index in [2.05, 4.69) is 20.8 Å². The van der Waals surface area contributed by atoms with Crippen LogP contribution in [0.15, 0.2) is 0 Å². The van der Waals surface area contributed by atoms with Crippen LogP contribution in [0.3, 0.4) is 0 Å². The molecule has 0 saturated heterocycles. The fraction of sp³-hybridized carbons (Fsp3) is 0.889. The van der Waals surface area contributed by atoms with Crippen LogP contribution in [0, 0.1) is 5.41 Å². The van der Waals surface area contributed by atoms with Crippen LogP contribution in [0.5, 0.6) is 0 Å². The van der Waals surface area contributed by atoms with Crippen molar-refractivity contribution in [3.8, 4) is 0 Å². The molecule has 2 heteroatoms. The minimum Gasteiger partial charge on any atom is -0.268 e. The molecule has 66 valence electrons. The summed E-state index contributed by atoms with van der Waals surface area (Å²) in [5, 5.41) is 0. The van der Waals surface area contributed by atoms with Crippen LogP contribution in [0.4, 0.5) is 0 Å². The summed E-state index contributed by atoms with van der Waals surface area (Å²) in [7, 11) is 5.73. The summed E-state index contributed by atoms with van der Waals surface area (Å²) < 4.78 is 0.428. The smallest absolute Gasteiger partial charge is 0.268 e. The average Bonchev–Trinajstić information content (AvgIpc) is 1.56. The number of quaternary nitrogens is 1. The molecule has 0 saturated carbocycles. The van der Waals surface area contributed by atoms with Crippen LogP contribution < -0.4 is 0 Å². The summed E-state index contributed by atoms with van der Waals surface area (Å²) in [5.41, 5.74) is 0.114. The number of hydrogen-bond donors (Lipinski definition) is 0. The van der Waals surface area contributed by atoms with Crippen molar-refractivity contribution in [2.75, 3.05) is 21.1 Å². The third kappa shape index (κ3) is 4.96. The van der Waals surface area contributed by atoms with E-state index in [-0.39, 0.29) is 11.3 Å². The van der Waals surface area contributed by atoms with Gasteiger partial charge in [0.05, 0.1) is 27.6 Å². The number of hydrogen-bond acceptors (Lipinski definition) is 1. The average molecular weight is 158 g/mol. The lowest BCUT2D eigenvalue weighted by Crippen LogP contribution is -2.42. The maximum absolute atomic E-state index is 11.5. The highest BCUT2D eigenvalue weighted by Gasteiger charge is 2.26. The largest absolute Gasteiger partial charge is 0.313 e. The molecule has 11 heavy (non-hydrogen) atoms. The maximum Gasteiger partial charge on any atom is 0.313 e. The SMILES string of the molecule is CC(C)(C)CC(=O)[N+](C)(C)C. The first kappa shape index (κ1) is 10.6. The Morgan fingerprint density at radius 3 is 1.64 bits per heavy atom. The molecule has 1 amide bonds. The van der Waals surface area contributed by atoms with Gasteiger partial charge >= 0.3 is 5.91 Å². The second-order valence-electron chi connectivity index (χ2n) is 5.14. The molecule has 0 fully saturated rings. The van der Waals surface area contributed by atoms with Gasteiger partial charge in [-0.15, -0.1) is 0 Å². The van der Waals surface area contributed by atoms with E-state index in [0.29, 0.717) is 10.9 Å². The van der Waals surface area contributed by atoms with E-state index in [9.17, 15) is 4.79 Å². The maximum atomic E-state index is 11.5. The van der Waals surface area contributed by atoms with E-state index >= 15 is 0 Å². The molecular weight excluding hydrogens is 138 g/mol. The Morgan fingerprint density at radius 2 is 1.55 bits per heavy atom. The Balaban J connectivity index is 4.11. The van der Waals surface area contributed by atoms with Crippen molar-refractivity contribution in [1.82, 2.24) is 0 Å². The minimum atomic E-state index is 0.114. The van der Waals surface area contributed by atoms with Crippen molar-refractivity contribution in [3.05, 3.63) is 0 Å². The van der Waals surface area contributed by atoms with Crippen LogP contribution in [-0.2, 0) is 4.79 Å². The quantitative estimate of drug-likeness (QED) is 0.530. The van der Waals surface area contributed by atoms with Crippen LogP contribution >= 0.6 is 0 Å². The van der Waals surface area contributed by atoms with Gasteiger partial charge in [-0.25, -0.2) is 4.79 Å². The molecule has 0 radical (unpaired) electrons. The molecular formula is C9H20NO+. The molecule has 0 heterocycles. The highest BCUT2D eigenvalue weighted by Crippen LogP contribution is 2.20. The first-order valence-electron chi connectivity index (χ1n) is 3.98. The molecule has 0 spiro atoms. The summed E-state index contributed by atoms with van der Waals surface area (Å²) in [6, 6.07) is 0. The van der Waals surface area contributed by atoms with Crippen molar-refractivity contribution in [2.45, 2.75) is 27.2 Å². The fourth-order valence-electron chi connectivity index (χ4n) is 0.691. The lowest BCUT2D eigenvalue weighted by Gasteiger charge is -2.25. The second kappa shape index (κ2) is 2.94. The highest BCUT2D eigenvalue weighted by molar-refractivity contribution is 5.69. The summed E-state index contributed by atoms with van der Waals surface area (Å²) >= 11 is 0. The van der Waals surface area contributed by atoms with E-state index in [1.54, 1.807) is 0 Å². The van der Waals surface area contributed by atoms with Gasteiger partial charge in [-0.2, -0.15) is 0 Å². The summed E-state index contributed by atoms with van der Waals surface area (Å²) in [6.45, 7) is 6.25. The Bertz CT molecular complexity index is 148. The predicted octanol–water partition coefficient (Wildman–Crippen LogP) is 1.66. The molecule has 0 aliphatic heterocycles. The predicted molar refractivity (Wildman–Crippen MR) is 47.1 cm³/mol. The number of carbonyl (C=O) groups excluding carboxylic acids is 1. The Labute approximate surface area is 69.8 Å². The molecule has 0 aliphatic carbocycles. The van der Waals surface area contributed by atoms with Crippen molar-refractivity contribution in [2.24, 2.45) is 5.41 Å². The lowest BCUT2D eigenvalue weighted by molar-refractivity contribution is -0.792. The van der Waals surface area contributed by atoms with E-state index in [0.717, 1.165) is 0 Å². The Kier molecular flexibility index (Phi) is 2.84. The molecule has 0 bridgehead atoms. The van der Waals surface area contributed by atoms with Gasteiger partial charge in [0.15, 0.2) is 0 Å². The van der Waals surface area contributed by atoms with Gasteiger partial charge in [0.2, 0.25) is 0 Å². The molecule has 2 nitrogen and oxygen atoms in total. The monoisotopic (exact) mass is 158 g/mol. The van der Waals surface area contributed by atoms with Crippen molar-refractivity contribution >= 4 is 5.91 Å². The molecule has 0 aromatic heterocycles. The highest BCUT2D eigenvalue weighted by atomic mass is 16.2. The first-order chi connectivity index (χ1) is 4.63. The molecule has 0 rings (SSSR count). The zero-order chi connectivity index (χ0) is 9.28. The van der Waals surface area contributed by atoms with E-state index in [1.807, 2.05) is 21.1 Å². The zero-order valence-corrected chi connectivity index (χ0v) is 8.56. The molecule has 0 aliphatic rings. The van der Waals surface area contributed by atoms with Crippen LogP contribution in [-0.4, -0.2) is 31.5 Å². The van der Waals surface area contributed by atoms with Crippen LogP contribution in [0.25, 0.3) is 0 Å². The Morgan fingerprint density at radius 1 is 1.18 bits per heavy atom. The third-order valence-corrected chi connectivity index (χ3v) is 1.43. The second-order valence-corrected chi connectivity index (χ2v) is 5.14. The molecule has 0 atom stereocenters. The van der Waals surface area contributed by atoms with Gasteiger partial charge in [0.25, 0.3) is 0 Å². The third-order valence-electron chi connectivity index (χ3n) is 1.43. The topological polar surface area (TPSA) is 17.1 Å². The standard InChI is InChI=1S/C9H20NO/c1-9(2,3)7-8(11)10(4,5)6/h7H2,1-6H3/q+1. The van der Waals surface area contributed by atoms with Crippen molar-refractivity contribution in [1.29, 1.82) is 0 Å². The minimum absolute atomic E-state index is 0.114. The molecule has 0 aromatic carbocycles. The van der Waals surface area contributed by atoms with Crippen LogP contribution in [0.1, 0.15) is 27.2 Å². The van der Waals surface area contributed by atoms with Gasteiger partial charge in [-0.1, -0.05) is 20.8 Å². The summed E-state index contributed by atoms with van der Waals surface area (Å²) in [4.78, 5) is 11.5. The van der Waals surface area contributed by atoms with Crippen molar-refractivity contribution in [3.63, 3.8) is 0 Å². The first-order valence-corrected chi connectivity index (χ1v) is 3.98. The van der Waals surface area contributed by atoms with Gasteiger partial charge in [0, 0.05) is 0 Å². The Hall–Kier alpha value is -0.370. The van der Waals surface area contributed by atoms with E-state index in [4.69, 9.17) is 0 Å².